The summed E-state index contributed by atoms with van der Waals surface area (Å²) in [5.74, 6) is -0.604. The van der Waals surface area contributed by atoms with Crippen LogP contribution in [0.15, 0.2) is 40.3 Å². The van der Waals surface area contributed by atoms with Crippen molar-refractivity contribution in [1.82, 2.24) is 9.97 Å². The molecule has 8 heteroatoms. The van der Waals surface area contributed by atoms with Crippen molar-refractivity contribution in [2.75, 3.05) is 17.2 Å². The fourth-order valence-corrected chi connectivity index (χ4v) is 3.10. The lowest BCUT2D eigenvalue weighted by atomic mass is 10.2. The number of nitriles is 1. The standard InChI is InChI=1S/C18H19FN4O2S/c1-2-4-14-11-16(24)22-18(21-14)26-12-17(25)23(10-3-9-20)15-7-5-13(19)6-8-15/h5-8,11H,2-4,10,12H2,1H3,(H,21,22,24). The Kier molecular flexibility index (Phi) is 7.36. The fourth-order valence-electron chi connectivity index (χ4n) is 2.32. The maximum atomic E-state index is 13.1. The van der Waals surface area contributed by atoms with Gasteiger partial charge in [0.05, 0.1) is 18.2 Å². The lowest BCUT2D eigenvalue weighted by Gasteiger charge is -2.21. The van der Waals surface area contributed by atoms with Gasteiger partial charge in [-0.3, -0.25) is 9.59 Å². The third-order valence-corrected chi connectivity index (χ3v) is 4.36. The zero-order valence-corrected chi connectivity index (χ0v) is 15.2. The molecule has 26 heavy (non-hydrogen) atoms. The Bertz CT molecular complexity index is 846. The number of thioether (sulfide) groups is 1. The molecule has 1 aromatic carbocycles. The van der Waals surface area contributed by atoms with E-state index in [1.165, 1.54) is 35.2 Å². The predicted octanol–water partition coefficient (Wildman–Crippen LogP) is 2.90. The fraction of sp³-hybridized carbons (Fsp3) is 0.333. The molecule has 2 aromatic rings. The Morgan fingerprint density at radius 3 is 2.77 bits per heavy atom. The van der Waals surface area contributed by atoms with Gasteiger partial charge in [0, 0.05) is 24.0 Å². The first-order valence-electron chi connectivity index (χ1n) is 8.19. The average molecular weight is 374 g/mol. The number of carbonyl (C=O) groups is 1. The van der Waals surface area contributed by atoms with Gasteiger partial charge in [0.15, 0.2) is 5.16 Å². The third-order valence-electron chi connectivity index (χ3n) is 3.50. The molecule has 0 bridgehead atoms. The normalized spacial score (nSPS) is 10.3. The van der Waals surface area contributed by atoms with Gasteiger partial charge in [-0.1, -0.05) is 25.1 Å². The van der Waals surface area contributed by atoms with Crippen LogP contribution in [0.5, 0.6) is 0 Å². The molecule has 1 heterocycles. The van der Waals surface area contributed by atoms with Gasteiger partial charge in [0.2, 0.25) is 5.91 Å². The molecule has 0 unspecified atom stereocenters. The van der Waals surface area contributed by atoms with Crippen LogP contribution < -0.4 is 10.5 Å². The second-order valence-corrected chi connectivity index (χ2v) is 6.47. The summed E-state index contributed by atoms with van der Waals surface area (Å²) in [4.78, 5) is 32.7. The summed E-state index contributed by atoms with van der Waals surface area (Å²) in [6.07, 6.45) is 1.72. The predicted molar refractivity (Wildman–Crippen MR) is 98.6 cm³/mol. The maximum absolute atomic E-state index is 13.1. The number of hydrogen-bond donors (Lipinski definition) is 1. The summed E-state index contributed by atoms with van der Waals surface area (Å²) >= 11 is 1.13. The van der Waals surface area contributed by atoms with Gasteiger partial charge in [0.1, 0.15) is 5.82 Å². The summed E-state index contributed by atoms with van der Waals surface area (Å²) in [5, 5.41) is 9.19. The van der Waals surface area contributed by atoms with Crippen LogP contribution in [-0.4, -0.2) is 28.2 Å². The molecular weight excluding hydrogens is 355 g/mol. The molecule has 1 amide bonds. The van der Waals surface area contributed by atoms with Gasteiger partial charge in [-0.25, -0.2) is 9.37 Å². The quantitative estimate of drug-likeness (QED) is 0.567. The second-order valence-electron chi connectivity index (χ2n) is 5.51. The highest BCUT2D eigenvalue weighted by molar-refractivity contribution is 7.99. The van der Waals surface area contributed by atoms with E-state index in [1.807, 2.05) is 13.0 Å². The number of benzene rings is 1. The number of H-pyrrole nitrogens is 1. The molecule has 0 aliphatic heterocycles. The molecule has 0 aliphatic carbocycles. The molecule has 1 aromatic heterocycles. The number of hydrogen-bond acceptors (Lipinski definition) is 5. The highest BCUT2D eigenvalue weighted by atomic mass is 32.2. The van der Waals surface area contributed by atoms with Gasteiger partial charge in [-0.05, 0) is 30.7 Å². The highest BCUT2D eigenvalue weighted by Gasteiger charge is 2.16. The van der Waals surface area contributed by atoms with Crippen molar-refractivity contribution in [1.29, 1.82) is 5.26 Å². The van der Waals surface area contributed by atoms with Crippen LogP contribution in [0, 0.1) is 17.1 Å². The third kappa shape index (κ3) is 5.70. The summed E-state index contributed by atoms with van der Waals surface area (Å²) < 4.78 is 13.1. The van der Waals surface area contributed by atoms with Crippen LogP contribution in [0.25, 0.3) is 0 Å². The van der Waals surface area contributed by atoms with Crippen LogP contribution in [0.3, 0.4) is 0 Å². The van der Waals surface area contributed by atoms with Crippen LogP contribution in [0.1, 0.15) is 25.5 Å². The largest absolute Gasteiger partial charge is 0.311 e. The van der Waals surface area contributed by atoms with Crippen molar-refractivity contribution in [3.63, 3.8) is 0 Å². The molecule has 6 nitrogen and oxygen atoms in total. The van der Waals surface area contributed by atoms with Gasteiger partial charge in [-0.2, -0.15) is 5.26 Å². The number of halogens is 1. The van der Waals surface area contributed by atoms with Crippen molar-refractivity contribution in [2.24, 2.45) is 0 Å². The number of aryl methyl sites for hydroxylation is 1. The molecule has 0 aliphatic rings. The number of aromatic amines is 1. The van der Waals surface area contributed by atoms with E-state index in [9.17, 15) is 14.0 Å². The molecule has 0 atom stereocenters. The first kappa shape index (κ1) is 19.7. The van der Waals surface area contributed by atoms with Crippen molar-refractivity contribution < 1.29 is 9.18 Å². The number of aromatic nitrogens is 2. The minimum atomic E-state index is -0.398. The lowest BCUT2D eigenvalue weighted by Crippen LogP contribution is -2.33. The van der Waals surface area contributed by atoms with Gasteiger partial charge in [0.25, 0.3) is 5.56 Å². The number of nitrogens with zero attached hydrogens (tertiary/aromatic N) is 3. The van der Waals surface area contributed by atoms with Crippen LogP contribution >= 0.6 is 11.8 Å². The summed E-state index contributed by atoms with van der Waals surface area (Å²) in [6, 6.07) is 8.98. The van der Waals surface area contributed by atoms with E-state index in [4.69, 9.17) is 5.26 Å². The molecule has 0 spiro atoms. The first-order chi connectivity index (χ1) is 12.5. The van der Waals surface area contributed by atoms with E-state index in [-0.39, 0.29) is 30.2 Å². The van der Waals surface area contributed by atoms with Gasteiger partial charge >= 0.3 is 0 Å². The Balaban J connectivity index is 2.10. The Morgan fingerprint density at radius 2 is 2.12 bits per heavy atom. The van der Waals surface area contributed by atoms with Crippen molar-refractivity contribution in [3.8, 4) is 6.07 Å². The second kappa shape index (κ2) is 9.73. The van der Waals surface area contributed by atoms with Gasteiger partial charge in [-0.15, -0.1) is 0 Å². The first-order valence-corrected chi connectivity index (χ1v) is 9.18. The number of nitrogens with one attached hydrogen (secondary N) is 1. The SMILES string of the molecule is CCCc1cc(=O)[nH]c(SCC(=O)N(CCC#N)c2ccc(F)cc2)n1. The molecular formula is C18H19FN4O2S. The minimum absolute atomic E-state index is 0.0430. The summed E-state index contributed by atoms with van der Waals surface area (Å²) in [6.45, 7) is 2.20. The van der Waals surface area contributed by atoms with E-state index < -0.39 is 5.82 Å². The Morgan fingerprint density at radius 1 is 1.38 bits per heavy atom. The van der Waals surface area contributed by atoms with Gasteiger partial charge < -0.3 is 9.88 Å². The van der Waals surface area contributed by atoms with E-state index in [1.54, 1.807) is 0 Å². The summed E-state index contributed by atoms with van der Waals surface area (Å²) in [5.41, 5.74) is 0.956. The molecule has 0 radical (unpaired) electrons. The van der Waals surface area contributed by atoms with E-state index in [0.717, 1.165) is 18.2 Å². The number of rotatable bonds is 8. The van der Waals surface area contributed by atoms with Crippen molar-refractivity contribution in [2.45, 2.75) is 31.3 Å². The number of amides is 1. The van der Waals surface area contributed by atoms with Crippen molar-refractivity contribution >= 4 is 23.4 Å². The molecule has 0 fully saturated rings. The molecule has 0 saturated heterocycles. The van der Waals surface area contributed by atoms with E-state index in [0.29, 0.717) is 23.0 Å². The smallest absolute Gasteiger partial charge is 0.251 e. The monoisotopic (exact) mass is 374 g/mol. The van der Waals surface area contributed by atoms with E-state index in [2.05, 4.69) is 9.97 Å². The lowest BCUT2D eigenvalue weighted by molar-refractivity contribution is -0.116. The van der Waals surface area contributed by atoms with E-state index >= 15 is 0 Å². The van der Waals surface area contributed by atoms with Crippen LogP contribution in [-0.2, 0) is 11.2 Å². The van der Waals surface area contributed by atoms with Crippen LogP contribution in [0.2, 0.25) is 0 Å². The highest BCUT2D eigenvalue weighted by Crippen LogP contribution is 2.19. The molecule has 2 rings (SSSR count). The maximum Gasteiger partial charge on any atom is 0.251 e. The summed E-state index contributed by atoms with van der Waals surface area (Å²) in [7, 11) is 0. The number of anilines is 1. The zero-order chi connectivity index (χ0) is 18.9. The minimum Gasteiger partial charge on any atom is -0.311 e. The number of carbonyl (C=O) groups excluding carboxylic acids is 1. The zero-order valence-electron chi connectivity index (χ0n) is 14.4. The molecule has 1 N–H and O–H groups in total. The molecule has 0 saturated carbocycles. The van der Waals surface area contributed by atoms with Crippen molar-refractivity contribution in [3.05, 3.63) is 52.2 Å². The average Bonchev–Trinajstić information content (AvgIpc) is 2.61. The molecule has 136 valence electrons. The topological polar surface area (TPSA) is 89.9 Å². The Labute approximate surface area is 155 Å². The van der Waals surface area contributed by atoms with Crippen LogP contribution in [0.4, 0.5) is 10.1 Å². The Hall–Kier alpha value is -2.66.